The summed E-state index contributed by atoms with van der Waals surface area (Å²) in [7, 11) is 1.80. The average molecular weight is 306 g/mol. The van der Waals surface area contributed by atoms with Gasteiger partial charge in [0, 0.05) is 24.5 Å². The zero-order valence-electron chi connectivity index (χ0n) is 9.20. The Kier molecular flexibility index (Phi) is 4.56. The van der Waals surface area contributed by atoms with Gasteiger partial charge in [-0.1, -0.05) is 0 Å². The second-order valence-corrected chi connectivity index (χ2v) is 4.27. The van der Waals surface area contributed by atoms with E-state index in [9.17, 15) is 0 Å². The summed E-state index contributed by atoms with van der Waals surface area (Å²) in [5.41, 5.74) is 4.21. The Hall–Kier alpha value is -0.810. The molecule has 0 saturated carbocycles. The minimum Gasteiger partial charge on any atom is -0.284 e. The molecule has 0 unspecified atom stereocenters. The average Bonchev–Trinajstić information content (AvgIpc) is 2.70. The minimum absolute atomic E-state index is 0. The first-order valence-electron chi connectivity index (χ1n) is 4.83. The summed E-state index contributed by atoms with van der Waals surface area (Å²) in [6, 6.07) is 4.00. The van der Waals surface area contributed by atoms with E-state index < -0.39 is 0 Å². The molecule has 6 heteroatoms. The van der Waals surface area contributed by atoms with Crippen molar-refractivity contribution in [2.45, 2.75) is 13.3 Å². The molecular weight excluding hydrogens is 291 g/mol. The fourth-order valence-electron chi connectivity index (χ4n) is 1.50. The third kappa shape index (κ3) is 2.65. The molecule has 2 rings (SSSR count). The maximum absolute atomic E-state index is 4.49. The second kappa shape index (κ2) is 5.50. The lowest BCUT2D eigenvalue weighted by molar-refractivity contribution is 0.831. The fourth-order valence-corrected chi connectivity index (χ4v) is 1.72. The van der Waals surface area contributed by atoms with Crippen molar-refractivity contribution in [3.05, 3.63) is 22.3 Å². The number of hydrogen-bond acceptors (Lipinski definition) is 3. The van der Waals surface area contributed by atoms with Crippen LogP contribution in [0.15, 0.2) is 21.6 Å². The van der Waals surface area contributed by atoms with Crippen LogP contribution in [0.2, 0.25) is 0 Å². The van der Waals surface area contributed by atoms with Gasteiger partial charge in [0.05, 0.1) is 5.69 Å². The number of pyridine rings is 1. The number of amidine groups is 1. The summed E-state index contributed by atoms with van der Waals surface area (Å²) < 4.78 is 1.04. The van der Waals surface area contributed by atoms with Crippen molar-refractivity contribution in [1.82, 2.24) is 10.4 Å². The number of rotatable bonds is 1. The van der Waals surface area contributed by atoms with E-state index >= 15 is 0 Å². The second-order valence-electron chi connectivity index (χ2n) is 3.42. The molecule has 1 aromatic rings. The molecule has 1 N–H and O–H groups in total. The lowest BCUT2D eigenvalue weighted by Crippen LogP contribution is -2.33. The Labute approximate surface area is 110 Å². The molecule has 1 aromatic heterocycles. The molecule has 88 valence electrons. The predicted molar refractivity (Wildman–Crippen MR) is 72.4 cm³/mol. The Bertz CT molecular complexity index is 408. The van der Waals surface area contributed by atoms with E-state index in [-0.39, 0.29) is 12.4 Å². The maximum Gasteiger partial charge on any atom is 0.147 e. The van der Waals surface area contributed by atoms with E-state index in [2.05, 4.69) is 31.3 Å². The third-order valence-corrected chi connectivity index (χ3v) is 3.23. The number of hydrogen-bond donors (Lipinski definition) is 1. The van der Waals surface area contributed by atoms with Gasteiger partial charge in [-0.3, -0.25) is 15.4 Å². The van der Waals surface area contributed by atoms with Crippen LogP contribution in [0.3, 0.4) is 0 Å². The Balaban J connectivity index is 0.00000128. The van der Waals surface area contributed by atoms with Crippen LogP contribution in [-0.4, -0.2) is 24.4 Å². The van der Waals surface area contributed by atoms with Crippen LogP contribution in [0.5, 0.6) is 0 Å². The van der Waals surface area contributed by atoms with Gasteiger partial charge in [-0.15, -0.1) is 12.4 Å². The molecule has 2 heterocycles. The summed E-state index contributed by atoms with van der Waals surface area (Å²) >= 11 is 3.44. The maximum atomic E-state index is 4.49. The molecule has 0 spiro atoms. The molecule has 0 bridgehead atoms. The number of nitrogens with one attached hydrogen (secondary N) is 1. The molecular formula is C10H14BrClN4. The van der Waals surface area contributed by atoms with Gasteiger partial charge in [0.15, 0.2) is 0 Å². The number of hydrazine groups is 1. The zero-order valence-corrected chi connectivity index (χ0v) is 11.6. The quantitative estimate of drug-likeness (QED) is 0.865. The molecule has 0 aliphatic carbocycles. The van der Waals surface area contributed by atoms with Crippen LogP contribution < -0.4 is 10.4 Å². The van der Waals surface area contributed by atoms with Crippen LogP contribution in [0.1, 0.15) is 12.1 Å². The number of anilines is 1. The molecule has 1 fully saturated rings. The molecule has 0 amide bonds. The van der Waals surface area contributed by atoms with E-state index in [1.54, 1.807) is 7.05 Å². The molecule has 0 atom stereocenters. The Morgan fingerprint density at radius 2 is 2.25 bits per heavy atom. The van der Waals surface area contributed by atoms with Gasteiger partial charge in [-0.2, -0.15) is 0 Å². The first-order valence-corrected chi connectivity index (χ1v) is 5.63. The molecule has 1 aliphatic heterocycles. The van der Waals surface area contributed by atoms with E-state index in [1.165, 1.54) is 0 Å². The molecule has 1 saturated heterocycles. The van der Waals surface area contributed by atoms with Crippen LogP contribution in [0.4, 0.5) is 5.82 Å². The van der Waals surface area contributed by atoms with Gasteiger partial charge in [-0.05, 0) is 35.0 Å². The zero-order chi connectivity index (χ0) is 10.8. The molecule has 0 aromatic carbocycles. The van der Waals surface area contributed by atoms with Crippen molar-refractivity contribution in [1.29, 1.82) is 0 Å². The lowest BCUT2D eigenvalue weighted by Gasteiger charge is -2.17. The summed E-state index contributed by atoms with van der Waals surface area (Å²) in [4.78, 5) is 8.62. The Morgan fingerprint density at radius 1 is 1.50 bits per heavy atom. The first kappa shape index (κ1) is 13.3. The summed E-state index contributed by atoms with van der Waals surface area (Å²) in [5, 5.41) is 2.02. The SMILES string of the molecule is CN=C1CCN(c2ccc(Br)c(C)n2)N1.Cl. The highest BCUT2D eigenvalue weighted by Crippen LogP contribution is 2.19. The van der Waals surface area contributed by atoms with E-state index in [4.69, 9.17) is 0 Å². The number of halogens is 2. The number of aromatic nitrogens is 1. The van der Waals surface area contributed by atoms with Crippen LogP contribution in [-0.2, 0) is 0 Å². The highest BCUT2D eigenvalue weighted by Gasteiger charge is 2.17. The van der Waals surface area contributed by atoms with Crippen LogP contribution in [0.25, 0.3) is 0 Å². The molecule has 4 nitrogen and oxygen atoms in total. The topological polar surface area (TPSA) is 40.5 Å². The Morgan fingerprint density at radius 3 is 2.81 bits per heavy atom. The van der Waals surface area contributed by atoms with Gasteiger partial charge in [0.2, 0.25) is 0 Å². The number of aliphatic imine (C=N–C) groups is 1. The predicted octanol–water partition coefficient (Wildman–Crippen LogP) is 2.32. The van der Waals surface area contributed by atoms with Crippen molar-refractivity contribution >= 4 is 40.0 Å². The largest absolute Gasteiger partial charge is 0.284 e. The lowest BCUT2D eigenvalue weighted by atomic mass is 10.3. The summed E-state index contributed by atoms with van der Waals surface area (Å²) in [6.07, 6.45) is 0.952. The van der Waals surface area contributed by atoms with E-state index in [1.807, 2.05) is 24.1 Å². The standard InChI is InChI=1S/C10H13BrN4.ClH/c1-7-8(11)3-4-10(13-7)15-6-5-9(12-2)14-15;/h3-4H,5-6H2,1-2H3,(H,12,14);1H. The van der Waals surface area contributed by atoms with Gasteiger partial charge < -0.3 is 0 Å². The van der Waals surface area contributed by atoms with Crippen molar-refractivity contribution < 1.29 is 0 Å². The van der Waals surface area contributed by atoms with Crippen LogP contribution in [0, 0.1) is 6.92 Å². The third-order valence-electron chi connectivity index (χ3n) is 2.39. The van der Waals surface area contributed by atoms with Gasteiger partial charge in [0.1, 0.15) is 11.7 Å². The first-order chi connectivity index (χ1) is 7.20. The summed E-state index contributed by atoms with van der Waals surface area (Å²) in [5.74, 6) is 1.95. The van der Waals surface area contributed by atoms with Crippen molar-refractivity contribution in [2.75, 3.05) is 18.6 Å². The molecule has 1 aliphatic rings. The van der Waals surface area contributed by atoms with Crippen molar-refractivity contribution in [3.8, 4) is 0 Å². The van der Waals surface area contributed by atoms with Gasteiger partial charge >= 0.3 is 0 Å². The van der Waals surface area contributed by atoms with Crippen LogP contribution >= 0.6 is 28.3 Å². The number of nitrogens with zero attached hydrogens (tertiary/aromatic N) is 3. The highest BCUT2D eigenvalue weighted by molar-refractivity contribution is 9.10. The monoisotopic (exact) mass is 304 g/mol. The van der Waals surface area contributed by atoms with Crippen molar-refractivity contribution in [3.63, 3.8) is 0 Å². The van der Waals surface area contributed by atoms with Crippen molar-refractivity contribution in [2.24, 2.45) is 4.99 Å². The summed E-state index contributed by atoms with van der Waals surface area (Å²) in [6.45, 7) is 2.90. The number of aryl methyl sites for hydroxylation is 1. The fraction of sp³-hybridized carbons (Fsp3) is 0.400. The minimum atomic E-state index is 0. The normalized spacial score (nSPS) is 17.2. The highest BCUT2D eigenvalue weighted by atomic mass is 79.9. The van der Waals surface area contributed by atoms with Gasteiger partial charge in [0.25, 0.3) is 0 Å². The van der Waals surface area contributed by atoms with Gasteiger partial charge in [-0.25, -0.2) is 4.98 Å². The molecule has 16 heavy (non-hydrogen) atoms. The smallest absolute Gasteiger partial charge is 0.147 e. The van der Waals surface area contributed by atoms with E-state index in [0.717, 1.165) is 34.8 Å². The van der Waals surface area contributed by atoms with E-state index in [0.29, 0.717) is 0 Å². The molecule has 0 radical (unpaired) electrons.